The summed E-state index contributed by atoms with van der Waals surface area (Å²) in [5.41, 5.74) is 0. The predicted molar refractivity (Wildman–Crippen MR) is 65.6 cm³/mol. The van der Waals surface area contributed by atoms with Crippen LogP contribution in [0.5, 0.6) is 0 Å². The number of hydrogen-bond donors (Lipinski definition) is 1. The summed E-state index contributed by atoms with van der Waals surface area (Å²) in [6.07, 6.45) is 6.56. The normalized spacial score (nSPS) is 24.7. The van der Waals surface area contributed by atoms with Crippen LogP contribution in [0.25, 0.3) is 0 Å². The average Bonchev–Trinajstić information content (AvgIpc) is 2.71. The van der Waals surface area contributed by atoms with E-state index in [4.69, 9.17) is 11.6 Å². The lowest BCUT2D eigenvalue weighted by atomic mass is 10.2. The lowest BCUT2D eigenvalue weighted by Gasteiger charge is -2.19. The van der Waals surface area contributed by atoms with E-state index in [0.717, 1.165) is 12.6 Å². The van der Waals surface area contributed by atoms with E-state index in [1.807, 2.05) is 11.8 Å². The van der Waals surface area contributed by atoms with Crippen LogP contribution >= 0.6 is 23.4 Å². The summed E-state index contributed by atoms with van der Waals surface area (Å²) in [6.45, 7) is 0. The summed E-state index contributed by atoms with van der Waals surface area (Å²) < 4.78 is 13.4. The Kier molecular flexibility index (Phi) is 3.86. The predicted octanol–water partition coefficient (Wildman–Crippen LogP) is 2.97. The summed E-state index contributed by atoms with van der Waals surface area (Å²) in [6, 6.07) is 0.274. The van der Waals surface area contributed by atoms with Gasteiger partial charge in [0.25, 0.3) is 0 Å². The van der Waals surface area contributed by atoms with E-state index in [1.54, 1.807) is 0 Å². The van der Waals surface area contributed by atoms with Crippen LogP contribution in [0.15, 0.2) is 6.20 Å². The Bertz CT molecular complexity index is 377. The largest absolute Gasteiger partial charge is 0.364 e. The minimum absolute atomic E-state index is 0.0719. The first-order chi connectivity index (χ1) is 7.70. The highest BCUT2D eigenvalue weighted by Crippen LogP contribution is 2.30. The molecule has 0 aliphatic heterocycles. The van der Waals surface area contributed by atoms with E-state index in [-0.39, 0.29) is 17.1 Å². The fraction of sp³-hybridized carbons (Fsp3) is 0.600. The molecule has 1 saturated carbocycles. The first-order valence-corrected chi connectivity index (χ1v) is 6.84. The molecule has 2 atom stereocenters. The summed E-state index contributed by atoms with van der Waals surface area (Å²) in [5, 5.41) is 3.71. The van der Waals surface area contributed by atoms with Gasteiger partial charge in [0.1, 0.15) is 0 Å². The van der Waals surface area contributed by atoms with Crippen LogP contribution in [0.3, 0.4) is 0 Å². The van der Waals surface area contributed by atoms with Gasteiger partial charge in [-0.05, 0) is 30.7 Å². The van der Waals surface area contributed by atoms with Gasteiger partial charge in [0.05, 0.1) is 6.20 Å². The second-order valence-corrected chi connectivity index (χ2v) is 5.21. The van der Waals surface area contributed by atoms with E-state index in [1.165, 1.54) is 12.8 Å². The SMILES string of the molecule is CSC1CCCC1Nc1nc(Cl)ncc1F. The lowest BCUT2D eigenvalue weighted by Crippen LogP contribution is -2.26. The molecule has 0 bridgehead atoms. The van der Waals surface area contributed by atoms with Crippen LogP contribution in [0.2, 0.25) is 5.28 Å². The third-order valence-corrected chi connectivity index (χ3v) is 4.14. The topological polar surface area (TPSA) is 37.8 Å². The van der Waals surface area contributed by atoms with Crippen molar-refractivity contribution in [1.82, 2.24) is 9.97 Å². The molecule has 6 heteroatoms. The van der Waals surface area contributed by atoms with Crippen LogP contribution in [0.4, 0.5) is 10.2 Å². The Labute approximate surface area is 103 Å². The number of nitrogens with one attached hydrogen (secondary N) is 1. The molecule has 1 aromatic rings. The second-order valence-electron chi connectivity index (χ2n) is 3.79. The number of anilines is 1. The Morgan fingerprint density at radius 3 is 3.12 bits per heavy atom. The molecule has 16 heavy (non-hydrogen) atoms. The molecule has 0 spiro atoms. The summed E-state index contributed by atoms with van der Waals surface area (Å²) in [4.78, 5) is 7.45. The molecule has 0 saturated heterocycles. The molecule has 1 heterocycles. The molecule has 2 rings (SSSR count). The van der Waals surface area contributed by atoms with Gasteiger partial charge in [0.2, 0.25) is 5.28 Å². The minimum Gasteiger partial charge on any atom is -0.364 e. The van der Waals surface area contributed by atoms with E-state index in [0.29, 0.717) is 5.25 Å². The maximum absolute atomic E-state index is 13.4. The molecule has 2 unspecified atom stereocenters. The summed E-state index contributed by atoms with van der Waals surface area (Å²) >= 11 is 7.45. The van der Waals surface area contributed by atoms with Crippen LogP contribution in [-0.2, 0) is 0 Å². The molecule has 3 nitrogen and oxygen atoms in total. The highest BCUT2D eigenvalue weighted by atomic mass is 35.5. The van der Waals surface area contributed by atoms with Crippen molar-refractivity contribution in [3.63, 3.8) is 0 Å². The Balaban J connectivity index is 2.11. The molecule has 1 fully saturated rings. The third kappa shape index (κ3) is 2.58. The maximum atomic E-state index is 13.4. The Morgan fingerprint density at radius 1 is 1.56 bits per heavy atom. The molecule has 1 aromatic heterocycles. The van der Waals surface area contributed by atoms with E-state index in [2.05, 4.69) is 21.5 Å². The van der Waals surface area contributed by atoms with Gasteiger partial charge in [-0.2, -0.15) is 16.7 Å². The Morgan fingerprint density at radius 2 is 2.38 bits per heavy atom. The van der Waals surface area contributed by atoms with Gasteiger partial charge < -0.3 is 5.32 Å². The van der Waals surface area contributed by atoms with E-state index in [9.17, 15) is 4.39 Å². The zero-order valence-electron chi connectivity index (χ0n) is 8.91. The second kappa shape index (κ2) is 5.19. The first kappa shape index (κ1) is 11.9. The average molecular weight is 262 g/mol. The molecule has 0 amide bonds. The van der Waals surface area contributed by atoms with Crippen LogP contribution < -0.4 is 5.32 Å². The van der Waals surface area contributed by atoms with Crippen molar-refractivity contribution in [3.05, 3.63) is 17.3 Å². The molecular weight excluding hydrogens is 249 g/mol. The van der Waals surface area contributed by atoms with Gasteiger partial charge in [-0.3, -0.25) is 0 Å². The fourth-order valence-electron chi connectivity index (χ4n) is 2.00. The maximum Gasteiger partial charge on any atom is 0.224 e. The number of halogens is 2. The minimum atomic E-state index is -0.448. The van der Waals surface area contributed by atoms with E-state index >= 15 is 0 Å². The monoisotopic (exact) mass is 261 g/mol. The Hall–Kier alpha value is -0.550. The molecular formula is C10H13ClFN3S. The highest BCUT2D eigenvalue weighted by Gasteiger charge is 2.27. The van der Waals surface area contributed by atoms with Gasteiger partial charge in [0, 0.05) is 11.3 Å². The first-order valence-electron chi connectivity index (χ1n) is 5.18. The number of thioether (sulfide) groups is 1. The summed E-state index contributed by atoms with van der Waals surface area (Å²) in [5.74, 6) is -0.234. The molecule has 0 radical (unpaired) electrons. The van der Waals surface area contributed by atoms with Crippen LogP contribution in [0, 0.1) is 5.82 Å². The quantitative estimate of drug-likeness (QED) is 0.849. The number of nitrogens with zero attached hydrogens (tertiary/aromatic N) is 2. The zero-order valence-corrected chi connectivity index (χ0v) is 10.5. The zero-order chi connectivity index (χ0) is 11.5. The van der Waals surface area contributed by atoms with E-state index < -0.39 is 5.82 Å². The number of hydrogen-bond acceptors (Lipinski definition) is 4. The molecule has 88 valence electrons. The van der Waals surface area contributed by atoms with Crippen molar-refractivity contribution >= 4 is 29.2 Å². The smallest absolute Gasteiger partial charge is 0.224 e. The van der Waals surface area contributed by atoms with Gasteiger partial charge in [-0.25, -0.2) is 9.37 Å². The fourth-order valence-corrected chi connectivity index (χ4v) is 3.06. The van der Waals surface area contributed by atoms with Gasteiger partial charge in [-0.15, -0.1) is 0 Å². The van der Waals surface area contributed by atoms with Gasteiger partial charge in [-0.1, -0.05) is 6.42 Å². The molecule has 1 aliphatic carbocycles. The van der Waals surface area contributed by atoms with Gasteiger partial charge >= 0.3 is 0 Å². The molecule has 1 N–H and O–H groups in total. The number of aromatic nitrogens is 2. The van der Waals surface area contributed by atoms with Crippen molar-refractivity contribution in [2.75, 3.05) is 11.6 Å². The van der Waals surface area contributed by atoms with Crippen molar-refractivity contribution < 1.29 is 4.39 Å². The highest BCUT2D eigenvalue weighted by molar-refractivity contribution is 7.99. The molecule has 0 aromatic carbocycles. The summed E-state index contributed by atoms with van der Waals surface area (Å²) in [7, 11) is 0. The van der Waals surface area contributed by atoms with Gasteiger partial charge in [0.15, 0.2) is 11.6 Å². The third-order valence-electron chi connectivity index (χ3n) is 2.79. The van der Waals surface area contributed by atoms with Crippen molar-refractivity contribution in [2.45, 2.75) is 30.6 Å². The standard InChI is InChI=1S/C10H13ClFN3S/c1-16-8-4-2-3-7(8)14-9-6(12)5-13-10(11)15-9/h5,7-8H,2-4H2,1H3,(H,13,14,15). The van der Waals surface area contributed by atoms with Crippen molar-refractivity contribution in [3.8, 4) is 0 Å². The van der Waals surface area contributed by atoms with Crippen LogP contribution in [-0.4, -0.2) is 27.5 Å². The number of rotatable bonds is 3. The van der Waals surface area contributed by atoms with Crippen LogP contribution in [0.1, 0.15) is 19.3 Å². The van der Waals surface area contributed by atoms with Crippen molar-refractivity contribution in [1.29, 1.82) is 0 Å². The molecule has 1 aliphatic rings. The lowest BCUT2D eigenvalue weighted by molar-refractivity contribution is 0.610. The van der Waals surface area contributed by atoms with Crippen molar-refractivity contribution in [2.24, 2.45) is 0 Å².